The minimum atomic E-state index is -0.291. The van der Waals surface area contributed by atoms with Gasteiger partial charge in [0.05, 0.1) is 13.0 Å². The van der Waals surface area contributed by atoms with Gasteiger partial charge in [0.25, 0.3) is 0 Å². The third-order valence-corrected chi connectivity index (χ3v) is 3.91. The quantitative estimate of drug-likeness (QED) is 0.534. The van der Waals surface area contributed by atoms with Crippen LogP contribution in [0.4, 0.5) is 0 Å². The number of amides is 1. The lowest BCUT2D eigenvalue weighted by molar-refractivity contribution is -0.143. The van der Waals surface area contributed by atoms with E-state index in [-0.39, 0.29) is 18.3 Å². The lowest BCUT2D eigenvalue weighted by atomic mass is 10.1. The number of hydrogen-bond donors (Lipinski definition) is 0. The minimum Gasteiger partial charge on any atom is -0.466 e. The Morgan fingerprint density at radius 2 is 1.73 bits per heavy atom. The van der Waals surface area contributed by atoms with Crippen LogP contribution in [0.2, 0.25) is 0 Å². The molecule has 1 amide bonds. The molecule has 136 valence electrons. The first-order chi connectivity index (χ1) is 12.6. The van der Waals surface area contributed by atoms with E-state index in [1.165, 1.54) is 5.56 Å². The lowest BCUT2D eigenvalue weighted by Crippen LogP contribution is -2.31. The Balaban J connectivity index is 2.06. The number of carbonyl (C=O) groups excluding carboxylic acids is 2. The number of ether oxygens (including phenoxy) is 1. The fourth-order valence-electron chi connectivity index (χ4n) is 2.48. The highest BCUT2D eigenvalue weighted by molar-refractivity contribution is 5.92. The van der Waals surface area contributed by atoms with Gasteiger partial charge in [-0.3, -0.25) is 9.59 Å². The van der Waals surface area contributed by atoms with Gasteiger partial charge < -0.3 is 9.64 Å². The van der Waals surface area contributed by atoms with Crippen LogP contribution in [0.15, 0.2) is 60.7 Å². The van der Waals surface area contributed by atoms with Crippen LogP contribution in [-0.2, 0) is 20.9 Å². The molecule has 2 aromatic rings. The number of carbonyl (C=O) groups is 2. The summed E-state index contributed by atoms with van der Waals surface area (Å²) in [5.74, 6) is -0.417. The van der Waals surface area contributed by atoms with Gasteiger partial charge in [0.1, 0.15) is 0 Å². The molecule has 2 rings (SSSR count). The Labute approximate surface area is 155 Å². The second-order valence-corrected chi connectivity index (χ2v) is 6.04. The minimum absolute atomic E-state index is 0.126. The molecule has 4 heteroatoms. The van der Waals surface area contributed by atoms with Gasteiger partial charge in [-0.2, -0.15) is 0 Å². The number of benzene rings is 2. The zero-order chi connectivity index (χ0) is 18.8. The van der Waals surface area contributed by atoms with Gasteiger partial charge in [-0.05, 0) is 31.1 Å². The summed E-state index contributed by atoms with van der Waals surface area (Å²) in [6, 6.07) is 17.7. The van der Waals surface area contributed by atoms with Gasteiger partial charge in [-0.25, -0.2) is 0 Å². The molecule has 0 saturated carbocycles. The van der Waals surface area contributed by atoms with E-state index in [2.05, 4.69) is 0 Å². The van der Waals surface area contributed by atoms with Gasteiger partial charge in [-0.15, -0.1) is 0 Å². The van der Waals surface area contributed by atoms with Gasteiger partial charge in [0, 0.05) is 19.2 Å². The Kier molecular flexibility index (Phi) is 7.62. The topological polar surface area (TPSA) is 46.6 Å². The molecule has 0 saturated heterocycles. The van der Waals surface area contributed by atoms with Crippen molar-refractivity contribution in [3.8, 4) is 0 Å². The largest absolute Gasteiger partial charge is 0.466 e. The van der Waals surface area contributed by atoms with Crippen molar-refractivity contribution in [1.29, 1.82) is 0 Å². The van der Waals surface area contributed by atoms with Crippen LogP contribution < -0.4 is 0 Å². The summed E-state index contributed by atoms with van der Waals surface area (Å²) >= 11 is 0. The number of esters is 1. The summed E-state index contributed by atoms with van der Waals surface area (Å²) in [6.45, 7) is 4.92. The summed E-state index contributed by atoms with van der Waals surface area (Å²) in [5, 5.41) is 0. The zero-order valence-electron chi connectivity index (χ0n) is 15.4. The monoisotopic (exact) mass is 351 g/mol. The van der Waals surface area contributed by atoms with E-state index in [1.807, 2.05) is 61.5 Å². The van der Waals surface area contributed by atoms with Crippen molar-refractivity contribution >= 4 is 18.0 Å². The molecule has 0 aromatic heterocycles. The van der Waals surface area contributed by atoms with E-state index < -0.39 is 0 Å². The van der Waals surface area contributed by atoms with Crippen LogP contribution in [-0.4, -0.2) is 29.9 Å². The van der Waals surface area contributed by atoms with Crippen molar-refractivity contribution < 1.29 is 14.3 Å². The maximum Gasteiger partial charge on any atom is 0.307 e. The standard InChI is InChI=1S/C22H25NO3/c1-3-26-22(25)15-16-23(17-20-7-5-4-6-8-20)21(24)14-13-19-11-9-18(2)10-12-19/h4-14H,3,15-17H2,1-2H3/b14-13+. The predicted molar refractivity (Wildman–Crippen MR) is 103 cm³/mol. The van der Waals surface area contributed by atoms with Gasteiger partial charge in [-0.1, -0.05) is 60.2 Å². The molecule has 0 atom stereocenters. The van der Waals surface area contributed by atoms with E-state index in [9.17, 15) is 9.59 Å². The van der Waals surface area contributed by atoms with Crippen molar-refractivity contribution in [1.82, 2.24) is 4.90 Å². The molecular formula is C22H25NO3. The van der Waals surface area contributed by atoms with E-state index in [1.54, 1.807) is 24.0 Å². The Morgan fingerprint density at radius 1 is 1.04 bits per heavy atom. The molecule has 0 aliphatic carbocycles. The molecule has 0 unspecified atom stereocenters. The maximum absolute atomic E-state index is 12.6. The fraction of sp³-hybridized carbons (Fsp3) is 0.273. The maximum atomic E-state index is 12.6. The van der Waals surface area contributed by atoms with Gasteiger partial charge >= 0.3 is 5.97 Å². The predicted octanol–water partition coefficient (Wildman–Crippen LogP) is 3.99. The number of rotatable bonds is 8. The van der Waals surface area contributed by atoms with Crippen LogP contribution in [0.1, 0.15) is 30.0 Å². The molecule has 0 N–H and O–H groups in total. The molecule has 4 nitrogen and oxygen atoms in total. The Morgan fingerprint density at radius 3 is 2.38 bits per heavy atom. The van der Waals surface area contributed by atoms with Crippen molar-refractivity contribution in [2.45, 2.75) is 26.8 Å². The molecule has 0 heterocycles. The van der Waals surface area contributed by atoms with Crippen LogP contribution in [0.5, 0.6) is 0 Å². The molecule has 0 radical (unpaired) electrons. The van der Waals surface area contributed by atoms with E-state index in [4.69, 9.17) is 4.74 Å². The van der Waals surface area contributed by atoms with Gasteiger partial charge in [0.15, 0.2) is 0 Å². The molecule has 2 aromatic carbocycles. The summed E-state index contributed by atoms with van der Waals surface area (Å²) in [5.41, 5.74) is 3.16. The number of hydrogen-bond acceptors (Lipinski definition) is 3. The van der Waals surface area contributed by atoms with Crippen molar-refractivity contribution in [3.63, 3.8) is 0 Å². The summed E-state index contributed by atoms with van der Waals surface area (Å²) < 4.78 is 4.97. The molecular weight excluding hydrogens is 326 g/mol. The SMILES string of the molecule is CCOC(=O)CCN(Cc1ccccc1)C(=O)/C=C/c1ccc(C)cc1. The van der Waals surface area contributed by atoms with E-state index >= 15 is 0 Å². The normalized spacial score (nSPS) is 10.7. The first-order valence-electron chi connectivity index (χ1n) is 8.81. The lowest BCUT2D eigenvalue weighted by Gasteiger charge is -2.21. The second-order valence-electron chi connectivity index (χ2n) is 6.04. The fourth-order valence-corrected chi connectivity index (χ4v) is 2.48. The van der Waals surface area contributed by atoms with E-state index in [0.717, 1.165) is 11.1 Å². The Bertz CT molecular complexity index is 736. The highest BCUT2D eigenvalue weighted by Crippen LogP contribution is 2.09. The van der Waals surface area contributed by atoms with Crippen molar-refractivity contribution in [2.75, 3.05) is 13.2 Å². The molecule has 26 heavy (non-hydrogen) atoms. The first-order valence-corrected chi connectivity index (χ1v) is 8.81. The summed E-state index contributed by atoms with van der Waals surface area (Å²) in [4.78, 5) is 26.0. The average molecular weight is 351 g/mol. The Hall–Kier alpha value is -2.88. The number of aryl methyl sites for hydroxylation is 1. The van der Waals surface area contributed by atoms with Crippen molar-refractivity contribution in [2.24, 2.45) is 0 Å². The second kappa shape index (κ2) is 10.2. The summed E-state index contributed by atoms with van der Waals surface area (Å²) in [7, 11) is 0. The highest BCUT2D eigenvalue weighted by atomic mass is 16.5. The smallest absolute Gasteiger partial charge is 0.307 e. The van der Waals surface area contributed by atoms with E-state index in [0.29, 0.717) is 19.7 Å². The van der Waals surface area contributed by atoms with Crippen LogP contribution >= 0.6 is 0 Å². The first kappa shape index (κ1) is 19.4. The number of nitrogens with zero attached hydrogens (tertiary/aromatic N) is 1. The van der Waals surface area contributed by atoms with Gasteiger partial charge in [0.2, 0.25) is 5.91 Å². The van der Waals surface area contributed by atoms with Crippen molar-refractivity contribution in [3.05, 3.63) is 77.4 Å². The molecule has 0 fully saturated rings. The highest BCUT2D eigenvalue weighted by Gasteiger charge is 2.14. The average Bonchev–Trinajstić information content (AvgIpc) is 2.65. The van der Waals surface area contributed by atoms with Crippen LogP contribution in [0, 0.1) is 6.92 Å². The summed E-state index contributed by atoms with van der Waals surface area (Å²) in [6.07, 6.45) is 3.54. The third kappa shape index (κ3) is 6.55. The molecule has 0 spiro atoms. The third-order valence-electron chi connectivity index (χ3n) is 3.91. The molecule has 0 bridgehead atoms. The molecule has 0 aliphatic heterocycles. The van der Waals surface area contributed by atoms with Crippen LogP contribution in [0.25, 0.3) is 6.08 Å². The molecule has 0 aliphatic rings. The van der Waals surface area contributed by atoms with Crippen LogP contribution in [0.3, 0.4) is 0 Å². The zero-order valence-corrected chi connectivity index (χ0v) is 15.4.